The highest BCUT2D eigenvalue weighted by atomic mass is 32.2. The van der Waals surface area contributed by atoms with E-state index in [1.165, 1.54) is 6.92 Å². The van der Waals surface area contributed by atoms with Gasteiger partial charge in [-0.1, -0.05) is 30.3 Å². The molecular formula is C23H23N5O4S. The van der Waals surface area contributed by atoms with E-state index in [9.17, 15) is 19.2 Å². The Bertz CT molecular complexity index is 1250. The van der Waals surface area contributed by atoms with Crippen molar-refractivity contribution in [3.05, 3.63) is 63.9 Å². The minimum absolute atomic E-state index is 0.000674. The van der Waals surface area contributed by atoms with Gasteiger partial charge in [0.1, 0.15) is 0 Å². The van der Waals surface area contributed by atoms with Gasteiger partial charge in [-0.2, -0.15) is 0 Å². The molecular weight excluding hydrogens is 442 g/mol. The summed E-state index contributed by atoms with van der Waals surface area (Å²) in [4.78, 5) is 50.7. The van der Waals surface area contributed by atoms with Crippen LogP contribution in [0.1, 0.15) is 36.2 Å². The number of amides is 2. The lowest BCUT2D eigenvalue weighted by Crippen LogP contribution is -2.18. The van der Waals surface area contributed by atoms with Crippen LogP contribution in [-0.4, -0.2) is 38.5 Å². The molecule has 170 valence electrons. The highest BCUT2D eigenvalue weighted by molar-refractivity contribution is 7.99. The predicted octanol–water partition coefficient (Wildman–Crippen LogP) is 3.42. The zero-order valence-corrected chi connectivity index (χ0v) is 19.2. The molecule has 0 aliphatic heterocycles. The summed E-state index contributed by atoms with van der Waals surface area (Å²) >= 11 is 1.03. The molecule has 1 heterocycles. The topological polar surface area (TPSA) is 134 Å². The van der Waals surface area contributed by atoms with E-state index in [0.717, 1.165) is 17.3 Å². The fourth-order valence-electron chi connectivity index (χ4n) is 2.88. The molecule has 0 atom stereocenters. The van der Waals surface area contributed by atoms with Crippen molar-refractivity contribution >= 4 is 40.7 Å². The molecule has 0 saturated carbocycles. The summed E-state index contributed by atoms with van der Waals surface area (Å²) in [6.07, 6.45) is 0.299. The van der Waals surface area contributed by atoms with Gasteiger partial charge >= 0.3 is 0 Å². The van der Waals surface area contributed by atoms with Crippen LogP contribution in [0, 0.1) is 6.92 Å². The van der Waals surface area contributed by atoms with Crippen LogP contribution >= 0.6 is 11.8 Å². The number of hydrogen-bond donors (Lipinski definition) is 3. The number of ketones is 1. The van der Waals surface area contributed by atoms with Gasteiger partial charge in [0.25, 0.3) is 5.56 Å². The fraction of sp³-hybridized carbons (Fsp3) is 0.217. The Morgan fingerprint density at radius 2 is 1.73 bits per heavy atom. The Labute approximate surface area is 194 Å². The van der Waals surface area contributed by atoms with Crippen LogP contribution in [0.4, 0.5) is 11.4 Å². The standard InChI is InChI=1S/C23H23N5O4S/c1-4-19(30)25-18-10-5-13(2)11-17(18)21-22(32)26-23(28-27-21)33-12-20(31)24-16-8-6-15(7-9-16)14(3)29/h5-11H,4,12H2,1-3H3,(H,24,31)(H,25,30)(H,26,28,32). The molecule has 0 saturated heterocycles. The molecule has 0 fully saturated rings. The Hall–Kier alpha value is -3.79. The highest BCUT2D eigenvalue weighted by Gasteiger charge is 2.15. The first-order valence-electron chi connectivity index (χ1n) is 10.2. The lowest BCUT2D eigenvalue weighted by Gasteiger charge is -2.11. The molecule has 2 aromatic carbocycles. The maximum atomic E-state index is 12.7. The Balaban J connectivity index is 1.69. The van der Waals surface area contributed by atoms with E-state index >= 15 is 0 Å². The fourth-order valence-corrected chi connectivity index (χ4v) is 3.49. The predicted molar refractivity (Wildman–Crippen MR) is 128 cm³/mol. The summed E-state index contributed by atoms with van der Waals surface area (Å²) < 4.78 is 0. The van der Waals surface area contributed by atoms with E-state index < -0.39 is 5.56 Å². The maximum Gasteiger partial charge on any atom is 0.278 e. The van der Waals surface area contributed by atoms with Gasteiger partial charge < -0.3 is 10.6 Å². The molecule has 0 aliphatic rings. The second-order valence-electron chi connectivity index (χ2n) is 7.23. The van der Waals surface area contributed by atoms with Crippen molar-refractivity contribution in [1.82, 2.24) is 15.2 Å². The number of carbonyl (C=O) groups is 3. The third-order valence-electron chi connectivity index (χ3n) is 4.62. The van der Waals surface area contributed by atoms with E-state index in [-0.39, 0.29) is 34.2 Å². The number of thioether (sulfide) groups is 1. The Morgan fingerprint density at radius 1 is 1.00 bits per heavy atom. The van der Waals surface area contributed by atoms with Gasteiger partial charge in [0.15, 0.2) is 16.6 Å². The number of H-pyrrole nitrogens is 1. The number of hydrogen-bond acceptors (Lipinski definition) is 7. The number of aromatic amines is 1. The lowest BCUT2D eigenvalue weighted by molar-refractivity contribution is -0.116. The zero-order valence-electron chi connectivity index (χ0n) is 18.4. The van der Waals surface area contributed by atoms with Gasteiger partial charge in [0, 0.05) is 23.2 Å². The second kappa shape index (κ2) is 10.7. The molecule has 0 unspecified atom stereocenters. The molecule has 3 N–H and O–H groups in total. The van der Waals surface area contributed by atoms with Gasteiger partial charge in [-0.15, -0.1) is 10.2 Å². The first-order chi connectivity index (χ1) is 15.8. The Morgan fingerprint density at radius 3 is 2.36 bits per heavy atom. The molecule has 0 spiro atoms. The molecule has 33 heavy (non-hydrogen) atoms. The monoisotopic (exact) mass is 465 g/mol. The molecule has 9 nitrogen and oxygen atoms in total. The summed E-state index contributed by atoms with van der Waals surface area (Å²) in [7, 11) is 0. The SMILES string of the molecule is CCC(=O)Nc1ccc(C)cc1-c1nnc(SCC(=O)Nc2ccc(C(C)=O)cc2)[nH]c1=O. The van der Waals surface area contributed by atoms with Gasteiger partial charge in [0.05, 0.1) is 11.4 Å². The average molecular weight is 466 g/mol. The van der Waals surface area contributed by atoms with Gasteiger partial charge in [-0.3, -0.25) is 24.2 Å². The van der Waals surface area contributed by atoms with Crippen LogP contribution in [0.3, 0.4) is 0 Å². The summed E-state index contributed by atoms with van der Waals surface area (Å²) in [5.41, 5.74) is 2.54. The van der Waals surface area contributed by atoms with Crippen LogP contribution in [0.15, 0.2) is 52.4 Å². The first kappa shape index (κ1) is 23.9. The van der Waals surface area contributed by atoms with E-state index in [0.29, 0.717) is 28.9 Å². The zero-order chi connectivity index (χ0) is 24.0. The molecule has 10 heteroatoms. The van der Waals surface area contributed by atoms with E-state index in [4.69, 9.17) is 0 Å². The Kier molecular flexibility index (Phi) is 7.73. The molecule has 1 aromatic heterocycles. The van der Waals surface area contributed by atoms with Crippen molar-refractivity contribution in [2.75, 3.05) is 16.4 Å². The number of aromatic nitrogens is 3. The summed E-state index contributed by atoms with van der Waals surface area (Å²) in [5, 5.41) is 13.7. The quantitative estimate of drug-likeness (QED) is 0.343. The van der Waals surface area contributed by atoms with Crippen molar-refractivity contribution in [2.24, 2.45) is 0 Å². The minimum atomic E-state index is -0.481. The van der Waals surface area contributed by atoms with Gasteiger partial charge in [-0.05, 0) is 50.2 Å². The molecule has 0 radical (unpaired) electrons. The van der Waals surface area contributed by atoms with E-state index in [2.05, 4.69) is 25.8 Å². The minimum Gasteiger partial charge on any atom is -0.325 e. The van der Waals surface area contributed by atoms with Crippen LogP contribution in [0.5, 0.6) is 0 Å². The summed E-state index contributed by atoms with van der Waals surface area (Å²) in [6.45, 7) is 5.07. The summed E-state index contributed by atoms with van der Waals surface area (Å²) in [5.74, 6) is -0.537. The summed E-state index contributed by atoms with van der Waals surface area (Å²) in [6, 6.07) is 11.9. The molecule has 0 aliphatic carbocycles. The smallest absolute Gasteiger partial charge is 0.278 e. The number of nitrogens with zero attached hydrogens (tertiary/aromatic N) is 2. The maximum absolute atomic E-state index is 12.7. The van der Waals surface area contributed by atoms with Crippen molar-refractivity contribution in [3.8, 4) is 11.3 Å². The van der Waals surface area contributed by atoms with Crippen molar-refractivity contribution in [1.29, 1.82) is 0 Å². The third kappa shape index (κ3) is 6.36. The van der Waals surface area contributed by atoms with E-state index in [1.54, 1.807) is 43.3 Å². The molecule has 3 aromatic rings. The number of rotatable bonds is 8. The number of carbonyl (C=O) groups excluding carboxylic acids is 3. The number of nitrogens with one attached hydrogen (secondary N) is 3. The van der Waals surface area contributed by atoms with Crippen LogP contribution in [-0.2, 0) is 9.59 Å². The van der Waals surface area contributed by atoms with Crippen molar-refractivity contribution < 1.29 is 14.4 Å². The largest absolute Gasteiger partial charge is 0.325 e. The van der Waals surface area contributed by atoms with Crippen LogP contribution in [0.2, 0.25) is 0 Å². The number of Topliss-reactive ketones (excluding diaryl/α,β-unsaturated/α-hetero) is 1. The van der Waals surface area contributed by atoms with Crippen LogP contribution in [0.25, 0.3) is 11.3 Å². The lowest BCUT2D eigenvalue weighted by atomic mass is 10.1. The van der Waals surface area contributed by atoms with Crippen LogP contribution < -0.4 is 16.2 Å². The number of anilines is 2. The van der Waals surface area contributed by atoms with Crippen molar-refractivity contribution in [3.63, 3.8) is 0 Å². The molecule has 3 rings (SSSR count). The number of benzene rings is 2. The third-order valence-corrected chi connectivity index (χ3v) is 5.48. The highest BCUT2D eigenvalue weighted by Crippen LogP contribution is 2.26. The molecule has 2 amide bonds. The van der Waals surface area contributed by atoms with Crippen molar-refractivity contribution in [2.45, 2.75) is 32.3 Å². The number of aryl methyl sites for hydroxylation is 1. The average Bonchev–Trinajstić information content (AvgIpc) is 2.79. The molecule has 0 bridgehead atoms. The van der Waals surface area contributed by atoms with E-state index in [1.807, 2.05) is 13.0 Å². The van der Waals surface area contributed by atoms with Gasteiger partial charge in [-0.25, -0.2) is 0 Å². The van der Waals surface area contributed by atoms with Gasteiger partial charge in [0.2, 0.25) is 11.8 Å². The normalized spacial score (nSPS) is 10.5. The second-order valence-corrected chi connectivity index (χ2v) is 8.19. The first-order valence-corrected chi connectivity index (χ1v) is 11.2.